The Balaban J connectivity index is 2.08. The van der Waals surface area contributed by atoms with Crippen LogP contribution in [0.25, 0.3) is 0 Å². The number of likely N-dealkylation sites (tertiary alicyclic amines) is 1. The molecule has 2 aliphatic heterocycles. The highest BCUT2D eigenvalue weighted by atomic mass is 16.2. The maximum absolute atomic E-state index is 11.7. The lowest BCUT2D eigenvalue weighted by Crippen LogP contribution is -2.49. The molecule has 2 amide bonds. The van der Waals surface area contributed by atoms with Crippen molar-refractivity contribution in [3.63, 3.8) is 0 Å². The van der Waals surface area contributed by atoms with Crippen molar-refractivity contribution in [3.8, 4) is 0 Å². The zero-order chi connectivity index (χ0) is 10.1. The molecule has 14 heavy (non-hydrogen) atoms. The Morgan fingerprint density at radius 1 is 1.29 bits per heavy atom. The lowest BCUT2D eigenvalue weighted by molar-refractivity contribution is -0.152. The van der Waals surface area contributed by atoms with E-state index in [2.05, 4.69) is 5.32 Å². The maximum Gasteiger partial charge on any atom is 0.229 e. The van der Waals surface area contributed by atoms with E-state index in [1.807, 2.05) is 6.92 Å². The van der Waals surface area contributed by atoms with E-state index in [4.69, 9.17) is 0 Å². The number of nitrogens with zero attached hydrogens (tertiary/aromatic N) is 1. The van der Waals surface area contributed by atoms with Gasteiger partial charge in [0.05, 0.1) is 6.04 Å². The smallest absolute Gasteiger partial charge is 0.229 e. The minimum Gasteiger partial charge on any atom is -0.315 e. The van der Waals surface area contributed by atoms with E-state index in [1.54, 1.807) is 0 Å². The molecule has 78 valence electrons. The largest absolute Gasteiger partial charge is 0.315 e. The van der Waals surface area contributed by atoms with Gasteiger partial charge in [0.2, 0.25) is 11.8 Å². The maximum atomic E-state index is 11.7. The standard InChI is InChI=1S/C10H16N2O2/c1-7-4-9(13)12(10(14)5-7)8-2-3-11-6-8/h7-8,11H,2-6H2,1H3. The predicted octanol–water partition coefficient (Wildman–Crippen LogP) is 0.133. The molecule has 0 saturated carbocycles. The summed E-state index contributed by atoms with van der Waals surface area (Å²) in [5, 5.41) is 3.18. The number of amides is 2. The highest BCUT2D eigenvalue weighted by Gasteiger charge is 2.36. The second-order valence-electron chi connectivity index (χ2n) is 4.32. The molecule has 4 nitrogen and oxygen atoms in total. The summed E-state index contributed by atoms with van der Waals surface area (Å²) < 4.78 is 0. The molecular weight excluding hydrogens is 180 g/mol. The van der Waals surface area contributed by atoms with E-state index in [0.717, 1.165) is 19.5 Å². The first kappa shape index (κ1) is 9.65. The molecule has 0 aromatic carbocycles. The third-order valence-electron chi connectivity index (χ3n) is 2.98. The van der Waals surface area contributed by atoms with Gasteiger partial charge in [0.15, 0.2) is 0 Å². The summed E-state index contributed by atoms with van der Waals surface area (Å²) in [7, 11) is 0. The number of nitrogens with one attached hydrogen (secondary N) is 1. The molecule has 2 fully saturated rings. The van der Waals surface area contributed by atoms with Gasteiger partial charge >= 0.3 is 0 Å². The molecule has 2 heterocycles. The van der Waals surface area contributed by atoms with Crippen LogP contribution >= 0.6 is 0 Å². The van der Waals surface area contributed by atoms with E-state index in [0.29, 0.717) is 12.8 Å². The third kappa shape index (κ3) is 1.66. The number of piperidine rings is 1. The minimum absolute atomic E-state index is 0.0162. The van der Waals surface area contributed by atoms with Crippen molar-refractivity contribution in [2.45, 2.75) is 32.2 Å². The monoisotopic (exact) mass is 196 g/mol. The molecule has 1 N–H and O–H groups in total. The van der Waals surface area contributed by atoms with Crippen LogP contribution in [0.15, 0.2) is 0 Å². The second kappa shape index (κ2) is 3.69. The summed E-state index contributed by atoms with van der Waals surface area (Å²) in [6, 6.07) is 0.113. The fraction of sp³-hybridized carbons (Fsp3) is 0.800. The van der Waals surface area contributed by atoms with Crippen molar-refractivity contribution in [2.75, 3.05) is 13.1 Å². The Bertz CT molecular complexity index is 241. The molecule has 2 saturated heterocycles. The Labute approximate surface area is 83.6 Å². The fourth-order valence-corrected chi connectivity index (χ4v) is 2.27. The van der Waals surface area contributed by atoms with Gasteiger partial charge in [-0.25, -0.2) is 0 Å². The van der Waals surface area contributed by atoms with Gasteiger partial charge in [0.25, 0.3) is 0 Å². The van der Waals surface area contributed by atoms with Gasteiger partial charge in [-0.2, -0.15) is 0 Å². The van der Waals surface area contributed by atoms with Crippen LogP contribution in [-0.2, 0) is 9.59 Å². The molecule has 2 rings (SSSR count). The van der Waals surface area contributed by atoms with Gasteiger partial charge in [0.1, 0.15) is 0 Å². The zero-order valence-electron chi connectivity index (χ0n) is 8.45. The Kier molecular flexibility index (Phi) is 2.54. The number of imide groups is 1. The molecule has 0 aromatic heterocycles. The van der Waals surface area contributed by atoms with Crippen LogP contribution < -0.4 is 5.32 Å². The van der Waals surface area contributed by atoms with Crippen molar-refractivity contribution in [3.05, 3.63) is 0 Å². The average Bonchev–Trinajstić information content (AvgIpc) is 2.54. The van der Waals surface area contributed by atoms with Gasteiger partial charge < -0.3 is 5.32 Å². The van der Waals surface area contributed by atoms with Gasteiger partial charge in [-0.15, -0.1) is 0 Å². The van der Waals surface area contributed by atoms with E-state index in [-0.39, 0.29) is 23.8 Å². The molecule has 4 heteroatoms. The van der Waals surface area contributed by atoms with Crippen LogP contribution in [0, 0.1) is 5.92 Å². The van der Waals surface area contributed by atoms with Gasteiger partial charge in [-0.3, -0.25) is 14.5 Å². The van der Waals surface area contributed by atoms with Crippen molar-refractivity contribution in [2.24, 2.45) is 5.92 Å². The number of rotatable bonds is 1. The number of hydrogen-bond acceptors (Lipinski definition) is 3. The summed E-state index contributed by atoms with van der Waals surface area (Å²) in [5.74, 6) is 0.255. The number of carbonyl (C=O) groups excluding carboxylic acids is 2. The molecule has 0 spiro atoms. The Morgan fingerprint density at radius 3 is 2.43 bits per heavy atom. The number of hydrogen-bond donors (Lipinski definition) is 1. The van der Waals surface area contributed by atoms with Gasteiger partial charge in [-0.05, 0) is 18.9 Å². The predicted molar refractivity (Wildman–Crippen MR) is 51.5 cm³/mol. The molecule has 2 aliphatic rings. The van der Waals surface area contributed by atoms with E-state index < -0.39 is 0 Å². The lowest BCUT2D eigenvalue weighted by atomic mass is 9.96. The summed E-state index contributed by atoms with van der Waals surface area (Å²) in [6.45, 7) is 3.64. The van der Waals surface area contributed by atoms with E-state index in [1.165, 1.54) is 4.90 Å². The quantitative estimate of drug-likeness (QED) is 0.607. The van der Waals surface area contributed by atoms with Crippen molar-refractivity contribution in [1.82, 2.24) is 10.2 Å². The molecule has 1 unspecified atom stereocenters. The summed E-state index contributed by atoms with van der Waals surface area (Å²) in [4.78, 5) is 24.8. The summed E-state index contributed by atoms with van der Waals surface area (Å²) in [6.07, 6.45) is 1.97. The Morgan fingerprint density at radius 2 is 1.93 bits per heavy atom. The van der Waals surface area contributed by atoms with Crippen molar-refractivity contribution < 1.29 is 9.59 Å². The topological polar surface area (TPSA) is 49.4 Å². The van der Waals surface area contributed by atoms with E-state index >= 15 is 0 Å². The summed E-state index contributed by atoms with van der Waals surface area (Å²) in [5.41, 5.74) is 0. The SMILES string of the molecule is CC1CC(=O)N(C2CCNC2)C(=O)C1. The molecule has 0 aliphatic carbocycles. The molecule has 0 aromatic rings. The minimum atomic E-state index is 0.0162. The second-order valence-corrected chi connectivity index (χ2v) is 4.32. The third-order valence-corrected chi connectivity index (χ3v) is 2.98. The van der Waals surface area contributed by atoms with Crippen LogP contribution in [0.4, 0.5) is 0 Å². The average molecular weight is 196 g/mol. The van der Waals surface area contributed by atoms with Crippen LogP contribution in [0.3, 0.4) is 0 Å². The van der Waals surface area contributed by atoms with Gasteiger partial charge in [0, 0.05) is 19.4 Å². The van der Waals surface area contributed by atoms with Gasteiger partial charge in [-0.1, -0.05) is 6.92 Å². The first-order valence-electron chi connectivity index (χ1n) is 5.24. The van der Waals surface area contributed by atoms with Crippen LogP contribution in [0.1, 0.15) is 26.2 Å². The Hall–Kier alpha value is -0.900. The lowest BCUT2D eigenvalue weighted by Gasteiger charge is -2.32. The van der Waals surface area contributed by atoms with E-state index in [9.17, 15) is 9.59 Å². The first-order chi connectivity index (χ1) is 6.68. The molecule has 1 atom stereocenters. The summed E-state index contributed by atoms with van der Waals surface area (Å²) >= 11 is 0. The highest BCUT2D eigenvalue weighted by molar-refractivity contribution is 5.98. The fourth-order valence-electron chi connectivity index (χ4n) is 2.27. The van der Waals surface area contributed by atoms with Crippen LogP contribution in [-0.4, -0.2) is 35.8 Å². The molecular formula is C10H16N2O2. The molecule has 0 bridgehead atoms. The van der Waals surface area contributed by atoms with Crippen molar-refractivity contribution in [1.29, 1.82) is 0 Å². The van der Waals surface area contributed by atoms with Crippen molar-refractivity contribution >= 4 is 11.8 Å². The molecule has 0 radical (unpaired) electrons. The van der Waals surface area contributed by atoms with Crippen LogP contribution in [0.5, 0.6) is 0 Å². The van der Waals surface area contributed by atoms with Crippen LogP contribution in [0.2, 0.25) is 0 Å². The zero-order valence-corrected chi connectivity index (χ0v) is 8.45. The highest BCUT2D eigenvalue weighted by Crippen LogP contribution is 2.22. The number of carbonyl (C=O) groups is 2. The first-order valence-corrected chi connectivity index (χ1v) is 5.24. The normalized spacial score (nSPS) is 30.1.